The average Bonchev–Trinajstić information content (AvgIpc) is 2.41. The molecule has 0 aromatic heterocycles. The van der Waals surface area contributed by atoms with Crippen LogP contribution in [0.15, 0.2) is 30.9 Å². The number of rotatable bonds is 10. The highest BCUT2D eigenvalue weighted by Gasteiger charge is 2.01. The number of hydrogen-bond acceptors (Lipinski definition) is 1. The Morgan fingerprint density at radius 3 is 2.42 bits per heavy atom. The van der Waals surface area contributed by atoms with Crippen LogP contribution in [-0.2, 0) is 12.8 Å². The van der Waals surface area contributed by atoms with E-state index in [4.69, 9.17) is 0 Å². The van der Waals surface area contributed by atoms with Crippen LogP contribution < -0.4 is 0 Å². The van der Waals surface area contributed by atoms with E-state index < -0.39 is 0 Å². The molecule has 1 heteroatoms. The second-order valence-electron chi connectivity index (χ2n) is 5.33. The highest BCUT2D eigenvalue weighted by Crippen LogP contribution is 2.20. The van der Waals surface area contributed by atoms with E-state index in [9.17, 15) is 5.11 Å². The minimum Gasteiger partial charge on any atom is -0.508 e. The van der Waals surface area contributed by atoms with Gasteiger partial charge in [-0.15, -0.1) is 6.58 Å². The third kappa shape index (κ3) is 6.47. The quantitative estimate of drug-likeness (QED) is 0.440. The Balaban J connectivity index is 2.25. The summed E-state index contributed by atoms with van der Waals surface area (Å²) < 4.78 is 0. The molecule has 0 aliphatic carbocycles. The van der Waals surface area contributed by atoms with Crippen LogP contribution in [0.2, 0.25) is 0 Å². The van der Waals surface area contributed by atoms with E-state index in [-0.39, 0.29) is 0 Å². The maximum Gasteiger partial charge on any atom is 0.119 e. The number of hydrogen-bond donors (Lipinski definition) is 1. The van der Waals surface area contributed by atoms with Crippen LogP contribution in [-0.4, -0.2) is 5.11 Å². The molecule has 0 unspecified atom stereocenters. The Labute approximate surface area is 118 Å². The summed E-state index contributed by atoms with van der Waals surface area (Å²) in [6.45, 7) is 5.98. The van der Waals surface area contributed by atoms with Crippen molar-refractivity contribution in [2.24, 2.45) is 0 Å². The first-order valence-corrected chi connectivity index (χ1v) is 7.69. The lowest BCUT2D eigenvalue weighted by atomic mass is 10.0. The topological polar surface area (TPSA) is 20.2 Å². The van der Waals surface area contributed by atoms with Crippen molar-refractivity contribution in [3.63, 3.8) is 0 Å². The lowest BCUT2D eigenvalue weighted by molar-refractivity contribution is 0.469. The molecule has 0 radical (unpaired) electrons. The van der Waals surface area contributed by atoms with E-state index >= 15 is 0 Å². The summed E-state index contributed by atoms with van der Waals surface area (Å²) in [4.78, 5) is 0. The third-order valence-electron chi connectivity index (χ3n) is 3.58. The van der Waals surface area contributed by atoms with Gasteiger partial charge in [0.1, 0.15) is 5.75 Å². The van der Waals surface area contributed by atoms with Crippen LogP contribution in [0.3, 0.4) is 0 Å². The summed E-state index contributed by atoms with van der Waals surface area (Å²) in [6, 6.07) is 5.97. The SMILES string of the molecule is C=CCc1cc(CCCCCCCCC)ccc1O. The Bertz CT molecular complexity index is 368. The molecule has 0 saturated heterocycles. The normalized spacial score (nSPS) is 10.6. The smallest absolute Gasteiger partial charge is 0.119 e. The lowest BCUT2D eigenvalue weighted by Gasteiger charge is -2.06. The van der Waals surface area contributed by atoms with Crippen molar-refractivity contribution >= 4 is 0 Å². The van der Waals surface area contributed by atoms with Gasteiger partial charge in [-0.3, -0.25) is 0 Å². The minimum atomic E-state index is 0.392. The van der Waals surface area contributed by atoms with Crippen LogP contribution in [0, 0.1) is 0 Å². The zero-order chi connectivity index (χ0) is 13.9. The monoisotopic (exact) mass is 260 g/mol. The molecule has 0 saturated carbocycles. The molecular formula is C18H28O. The van der Waals surface area contributed by atoms with Crippen molar-refractivity contribution in [2.45, 2.75) is 64.7 Å². The fraction of sp³-hybridized carbons (Fsp3) is 0.556. The Morgan fingerprint density at radius 2 is 1.74 bits per heavy atom. The molecule has 0 fully saturated rings. The van der Waals surface area contributed by atoms with Crippen molar-refractivity contribution in [3.05, 3.63) is 42.0 Å². The summed E-state index contributed by atoms with van der Waals surface area (Å²) in [5.74, 6) is 0.392. The number of aryl methyl sites for hydroxylation is 1. The molecule has 0 amide bonds. The first-order valence-electron chi connectivity index (χ1n) is 7.69. The average molecular weight is 260 g/mol. The molecular weight excluding hydrogens is 232 g/mol. The van der Waals surface area contributed by atoms with Crippen LogP contribution in [0.1, 0.15) is 63.0 Å². The van der Waals surface area contributed by atoms with Gasteiger partial charge in [-0.1, -0.05) is 63.7 Å². The largest absolute Gasteiger partial charge is 0.508 e. The molecule has 1 rings (SSSR count). The lowest BCUT2D eigenvalue weighted by Crippen LogP contribution is -1.90. The van der Waals surface area contributed by atoms with Gasteiger partial charge in [0.2, 0.25) is 0 Å². The van der Waals surface area contributed by atoms with Gasteiger partial charge in [-0.25, -0.2) is 0 Å². The van der Waals surface area contributed by atoms with Crippen LogP contribution >= 0.6 is 0 Å². The summed E-state index contributed by atoms with van der Waals surface area (Å²) in [5, 5.41) is 9.71. The molecule has 0 atom stereocenters. The maximum absolute atomic E-state index is 9.71. The number of unbranched alkanes of at least 4 members (excludes halogenated alkanes) is 6. The fourth-order valence-corrected chi connectivity index (χ4v) is 2.40. The van der Waals surface area contributed by atoms with E-state index in [1.165, 1.54) is 50.5 Å². The van der Waals surface area contributed by atoms with E-state index in [1.807, 2.05) is 18.2 Å². The summed E-state index contributed by atoms with van der Waals surface area (Å²) >= 11 is 0. The molecule has 106 valence electrons. The van der Waals surface area contributed by atoms with E-state index in [1.54, 1.807) is 0 Å². The third-order valence-corrected chi connectivity index (χ3v) is 3.58. The summed E-state index contributed by atoms with van der Waals surface area (Å²) in [6.07, 6.45) is 13.1. The van der Waals surface area contributed by atoms with Gasteiger partial charge in [0, 0.05) is 0 Å². The van der Waals surface area contributed by atoms with Crippen molar-refractivity contribution < 1.29 is 5.11 Å². The molecule has 0 spiro atoms. The summed E-state index contributed by atoms with van der Waals surface area (Å²) in [5.41, 5.74) is 2.33. The molecule has 19 heavy (non-hydrogen) atoms. The Hall–Kier alpha value is -1.24. The van der Waals surface area contributed by atoms with Gasteiger partial charge in [-0.2, -0.15) is 0 Å². The number of aromatic hydroxyl groups is 1. The molecule has 1 aromatic carbocycles. The number of phenols is 1. The van der Waals surface area contributed by atoms with Gasteiger partial charge in [0.25, 0.3) is 0 Å². The van der Waals surface area contributed by atoms with Crippen LogP contribution in [0.5, 0.6) is 5.75 Å². The first kappa shape index (κ1) is 15.8. The van der Waals surface area contributed by atoms with E-state index in [0.29, 0.717) is 5.75 Å². The zero-order valence-electron chi connectivity index (χ0n) is 12.3. The number of allylic oxidation sites excluding steroid dienone is 1. The van der Waals surface area contributed by atoms with Gasteiger partial charge in [0.15, 0.2) is 0 Å². The Kier molecular flexibility index (Phi) is 8.04. The number of benzene rings is 1. The van der Waals surface area contributed by atoms with Gasteiger partial charge >= 0.3 is 0 Å². The summed E-state index contributed by atoms with van der Waals surface area (Å²) in [7, 11) is 0. The van der Waals surface area contributed by atoms with E-state index in [2.05, 4.69) is 19.6 Å². The van der Waals surface area contributed by atoms with Gasteiger partial charge in [0.05, 0.1) is 0 Å². The van der Waals surface area contributed by atoms with Crippen molar-refractivity contribution in [3.8, 4) is 5.75 Å². The second-order valence-corrected chi connectivity index (χ2v) is 5.33. The highest BCUT2D eigenvalue weighted by atomic mass is 16.3. The standard InChI is InChI=1S/C18H28O/c1-3-5-6-7-8-9-10-12-16-13-14-18(19)17(15-16)11-4-2/h4,13-15,19H,2-3,5-12H2,1H3. The maximum atomic E-state index is 9.71. The Morgan fingerprint density at radius 1 is 1.05 bits per heavy atom. The molecule has 0 aliphatic rings. The van der Waals surface area contributed by atoms with Gasteiger partial charge in [-0.05, 0) is 36.5 Å². The molecule has 1 aromatic rings. The minimum absolute atomic E-state index is 0.392. The highest BCUT2D eigenvalue weighted by molar-refractivity contribution is 5.37. The second kappa shape index (κ2) is 9.66. The first-order chi connectivity index (χ1) is 9.27. The zero-order valence-corrected chi connectivity index (χ0v) is 12.3. The predicted molar refractivity (Wildman–Crippen MR) is 83.7 cm³/mol. The molecule has 0 heterocycles. The molecule has 1 nitrogen and oxygen atoms in total. The van der Waals surface area contributed by atoms with Crippen molar-refractivity contribution in [1.29, 1.82) is 0 Å². The van der Waals surface area contributed by atoms with Crippen LogP contribution in [0.25, 0.3) is 0 Å². The van der Waals surface area contributed by atoms with Crippen molar-refractivity contribution in [2.75, 3.05) is 0 Å². The molecule has 1 N–H and O–H groups in total. The van der Waals surface area contributed by atoms with Crippen molar-refractivity contribution in [1.82, 2.24) is 0 Å². The van der Waals surface area contributed by atoms with Gasteiger partial charge < -0.3 is 5.11 Å². The number of phenolic OH excluding ortho intramolecular Hbond substituents is 1. The predicted octanol–water partition coefficient (Wildman–Crippen LogP) is 5.41. The van der Waals surface area contributed by atoms with Crippen LogP contribution in [0.4, 0.5) is 0 Å². The molecule has 0 aliphatic heterocycles. The fourth-order valence-electron chi connectivity index (χ4n) is 2.40. The molecule has 0 bridgehead atoms. The van der Waals surface area contributed by atoms with E-state index in [0.717, 1.165) is 18.4 Å².